The first-order chi connectivity index (χ1) is 42.7. The van der Waals surface area contributed by atoms with Crippen molar-refractivity contribution in [3.8, 4) is 17.2 Å². The highest BCUT2D eigenvalue weighted by Gasteiger charge is 2.50. The second-order valence-electron chi connectivity index (χ2n) is 27.7. The molecule has 9 saturated heterocycles. The van der Waals surface area contributed by atoms with Gasteiger partial charge in [-0.15, -0.1) is 0 Å². The lowest BCUT2D eigenvalue weighted by Gasteiger charge is -2.24. The van der Waals surface area contributed by atoms with Crippen LogP contribution in [0.3, 0.4) is 0 Å². The summed E-state index contributed by atoms with van der Waals surface area (Å²) in [5, 5.41) is 3.41. The van der Waals surface area contributed by atoms with E-state index in [-0.39, 0.29) is 39.9 Å². The van der Waals surface area contributed by atoms with Crippen LogP contribution in [-0.2, 0) is 25.7 Å². The van der Waals surface area contributed by atoms with Gasteiger partial charge in [-0.1, -0.05) is 30.3 Å². The van der Waals surface area contributed by atoms with Gasteiger partial charge < -0.3 is 53.8 Å². The number of amides is 4. The second kappa shape index (κ2) is 29.3. The Morgan fingerprint density at radius 3 is 1.28 bits per heavy atom. The van der Waals surface area contributed by atoms with Crippen molar-refractivity contribution in [3.63, 3.8) is 0 Å². The monoisotopic (exact) mass is 1200 g/mol. The zero-order chi connectivity index (χ0) is 61.1. The Morgan fingerprint density at radius 2 is 0.898 bits per heavy atom. The smallest absolute Gasteiger partial charge is 0.227 e. The zero-order valence-electron chi connectivity index (χ0n) is 53.5. The predicted octanol–water partition coefficient (Wildman–Crippen LogP) is 10.1. The summed E-state index contributed by atoms with van der Waals surface area (Å²) in [4.78, 5) is 67.5. The summed E-state index contributed by atoms with van der Waals surface area (Å²) in [6.45, 7) is 26.6. The fourth-order valence-electron chi connectivity index (χ4n) is 15.7. The van der Waals surface area contributed by atoms with Crippen LogP contribution in [0.15, 0.2) is 103 Å². The molecule has 0 aliphatic carbocycles. The third-order valence-corrected chi connectivity index (χ3v) is 21.0. The summed E-state index contributed by atoms with van der Waals surface area (Å²) < 4.78 is 17.8. The van der Waals surface area contributed by atoms with Crippen molar-refractivity contribution in [2.24, 2.45) is 16.2 Å². The van der Waals surface area contributed by atoms with Gasteiger partial charge in [0, 0.05) is 150 Å². The van der Waals surface area contributed by atoms with Gasteiger partial charge in [0.1, 0.15) is 17.2 Å². The molecule has 16 nitrogen and oxygen atoms in total. The summed E-state index contributed by atoms with van der Waals surface area (Å²) >= 11 is 0. The summed E-state index contributed by atoms with van der Waals surface area (Å²) in [6, 6.07) is 36.8. The summed E-state index contributed by atoms with van der Waals surface area (Å²) in [5.74, 6) is 3.41. The number of benzene rings is 4. The van der Waals surface area contributed by atoms with Crippen molar-refractivity contribution >= 4 is 40.7 Å². The van der Waals surface area contributed by atoms with Crippen LogP contribution in [0.1, 0.15) is 130 Å². The van der Waals surface area contributed by atoms with Crippen LogP contribution in [0.4, 0.5) is 17.1 Å². The molecule has 9 aliphatic rings. The second-order valence-corrected chi connectivity index (χ2v) is 27.7. The molecule has 6 atom stereocenters. The number of ether oxygens (including phenoxy) is 3. The van der Waals surface area contributed by atoms with E-state index in [1.807, 2.05) is 92.4 Å². The first kappa shape index (κ1) is 63.5. The molecule has 0 radical (unpaired) electrons. The van der Waals surface area contributed by atoms with Gasteiger partial charge in [0.25, 0.3) is 0 Å². The van der Waals surface area contributed by atoms with Gasteiger partial charge in [0.2, 0.25) is 23.6 Å². The molecule has 9 heterocycles. The van der Waals surface area contributed by atoms with E-state index in [1.165, 1.54) is 63.7 Å². The number of carbonyl (C=O) groups excluding carboxylic acids is 4. The van der Waals surface area contributed by atoms with Crippen LogP contribution in [0.5, 0.6) is 17.2 Å². The van der Waals surface area contributed by atoms with Crippen LogP contribution in [0, 0.1) is 16.2 Å². The van der Waals surface area contributed by atoms with E-state index in [0.717, 1.165) is 177 Å². The molecule has 0 bridgehead atoms. The minimum absolute atomic E-state index is 0.0787. The highest BCUT2D eigenvalue weighted by Crippen LogP contribution is 2.44. The SMILES string of the molecule is CC(=O)N1CCC2(CC(=O)N(c3ccc(OCCCN4CCCC4C)cc3)C2)C1.CC1CCCN1CCCOc1ccc(N2CC3(CCN(Cc4ccccc4)C3)CC2=O)cc1.CC1CCCN1CCCOc1ccc(N2CC3(CCNC3)CC2=O)cc1. The van der Waals surface area contributed by atoms with Gasteiger partial charge >= 0.3 is 0 Å². The molecule has 4 amide bonds. The standard InChI is InChI=1S/C28H37N3O2.C23H33N3O3.C21H31N3O2/c1-23-7-5-15-30(23)16-6-18-33-26-12-10-25(11-13-26)31-22-28(19-27(31)32)14-17-29(21-28)20-24-8-3-2-4-9-24;1-18-5-3-11-24(18)12-4-14-29-21-8-6-20(7-9-21)26-17-23(15-22(26)28)10-13-25(16-23)19(2)27;1-17-4-2-11-23(17)12-3-13-26-19-7-5-18(6-8-19)24-16-21(14-20(24)25)9-10-22-15-21/h2-4,8-13,23H,5-7,14-22H2,1H3;6-9,18H,3-5,10-17H2,1-2H3;5-8,17,22H,2-4,9-16H2,1H3. The van der Waals surface area contributed by atoms with Crippen LogP contribution in [0.25, 0.3) is 0 Å². The number of nitrogens with one attached hydrogen (secondary N) is 1. The molecule has 6 unspecified atom stereocenters. The molecule has 0 saturated carbocycles. The third-order valence-electron chi connectivity index (χ3n) is 21.0. The molecule has 88 heavy (non-hydrogen) atoms. The fraction of sp³-hybridized carbons (Fsp3) is 0.611. The minimum Gasteiger partial charge on any atom is -0.494 e. The van der Waals surface area contributed by atoms with E-state index in [4.69, 9.17) is 14.2 Å². The number of likely N-dealkylation sites (tertiary alicyclic amines) is 5. The number of rotatable bonds is 20. The van der Waals surface area contributed by atoms with E-state index < -0.39 is 0 Å². The normalized spacial score (nSPS) is 27.4. The largest absolute Gasteiger partial charge is 0.494 e. The number of nitrogens with zero attached hydrogens (tertiary/aromatic N) is 8. The van der Waals surface area contributed by atoms with Crippen molar-refractivity contribution in [3.05, 3.63) is 109 Å². The number of hydrogen-bond acceptors (Lipinski definition) is 12. The Morgan fingerprint density at radius 1 is 0.489 bits per heavy atom. The van der Waals surface area contributed by atoms with Crippen LogP contribution in [0.2, 0.25) is 0 Å². The highest BCUT2D eigenvalue weighted by atomic mass is 16.5. The van der Waals surface area contributed by atoms with E-state index in [1.54, 1.807) is 6.92 Å². The van der Waals surface area contributed by atoms with Gasteiger partial charge in [0.05, 0.1) is 19.8 Å². The van der Waals surface area contributed by atoms with E-state index in [2.05, 4.69) is 76.0 Å². The predicted molar refractivity (Wildman–Crippen MR) is 349 cm³/mol. The molecule has 13 rings (SSSR count). The van der Waals surface area contributed by atoms with Crippen molar-refractivity contribution in [2.45, 2.75) is 149 Å². The molecular weight excluding hydrogens is 1100 g/mol. The lowest BCUT2D eigenvalue weighted by atomic mass is 9.86. The van der Waals surface area contributed by atoms with Crippen LogP contribution in [-0.4, -0.2) is 184 Å². The average Bonchev–Trinajstić information content (AvgIpc) is 2.08. The molecule has 3 spiro atoms. The van der Waals surface area contributed by atoms with E-state index in [0.29, 0.717) is 38.4 Å². The molecule has 1 N–H and O–H groups in total. The Balaban J connectivity index is 0.000000137. The number of hydrogen-bond donors (Lipinski definition) is 1. The maximum Gasteiger partial charge on any atom is 0.227 e. The Labute approximate surface area is 525 Å². The molecule has 4 aromatic rings. The molecule has 476 valence electrons. The quantitative estimate of drug-likeness (QED) is 0.0845. The number of carbonyl (C=O) groups is 4. The average molecular weight is 1200 g/mol. The topological polar surface area (TPSA) is 134 Å². The summed E-state index contributed by atoms with van der Waals surface area (Å²) in [5.41, 5.74) is 4.43. The molecule has 16 heteroatoms. The van der Waals surface area contributed by atoms with Gasteiger partial charge in [0.15, 0.2) is 0 Å². The van der Waals surface area contributed by atoms with Gasteiger partial charge in [-0.2, -0.15) is 0 Å². The van der Waals surface area contributed by atoms with E-state index in [9.17, 15) is 19.2 Å². The highest BCUT2D eigenvalue weighted by molar-refractivity contribution is 5.98. The zero-order valence-corrected chi connectivity index (χ0v) is 53.5. The third kappa shape index (κ3) is 16.1. The first-order valence-corrected chi connectivity index (χ1v) is 33.8. The van der Waals surface area contributed by atoms with Gasteiger partial charge in [-0.05, 0) is 209 Å². The Bertz CT molecular complexity index is 2930. The van der Waals surface area contributed by atoms with E-state index >= 15 is 0 Å². The maximum atomic E-state index is 12.9. The van der Waals surface area contributed by atoms with Crippen LogP contribution < -0.4 is 34.2 Å². The molecule has 9 fully saturated rings. The van der Waals surface area contributed by atoms with Gasteiger partial charge in [-0.3, -0.25) is 24.1 Å². The Kier molecular flexibility index (Phi) is 21.1. The van der Waals surface area contributed by atoms with Crippen molar-refractivity contribution < 1.29 is 33.4 Å². The minimum atomic E-state index is -0.0787. The van der Waals surface area contributed by atoms with Crippen LogP contribution >= 0.6 is 0 Å². The molecule has 9 aliphatic heterocycles. The lowest BCUT2D eigenvalue weighted by Crippen LogP contribution is -2.33. The molecular formula is C72H101N9O7. The lowest BCUT2D eigenvalue weighted by molar-refractivity contribution is -0.128. The molecule has 0 aromatic heterocycles. The summed E-state index contributed by atoms with van der Waals surface area (Å²) in [6.07, 6.45) is 16.0. The van der Waals surface area contributed by atoms with Crippen molar-refractivity contribution in [1.29, 1.82) is 0 Å². The van der Waals surface area contributed by atoms with Gasteiger partial charge in [-0.25, -0.2) is 0 Å². The van der Waals surface area contributed by atoms with Crippen molar-refractivity contribution in [2.75, 3.05) is 133 Å². The Hall–Kier alpha value is -6.04. The van der Waals surface area contributed by atoms with Crippen molar-refractivity contribution in [1.82, 2.24) is 29.8 Å². The molecule has 4 aromatic carbocycles. The summed E-state index contributed by atoms with van der Waals surface area (Å²) in [7, 11) is 0. The maximum absolute atomic E-state index is 12.9. The first-order valence-electron chi connectivity index (χ1n) is 33.8. The number of anilines is 3. The fourth-order valence-corrected chi connectivity index (χ4v) is 15.7.